The van der Waals surface area contributed by atoms with Gasteiger partial charge in [0.25, 0.3) is 5.91 Å². The first kappa shape index (κ1) is 20.4. The number of esters is 1. The molecule has 1 saturated heterocycles. The summed E-state index contributed by atoms with van der Waals surface area (Å²) in [7, 11) is 0. The lowest BCUT2D eigenvalue weighted by Gasteiger charge is -2.35. The largest absolute Gasteiger partial charge is 0.458 e. The summed E-state index contributed by atoms with van der Waals surface area (Å²) in [6.07, 6.45) is 1.36. The molecular formula is C22H30N2O4. The Balaban J connectivity index is 1.82. The van der Waals surface area contributed by atoms with E-state index in [0.717, 1.165) is 12.0 Å². The first-order valence-electron chi connectivity index (χ1n) is 10.0. The summed E-state index contributed by atoms with van der Waals surface area (Å²) in [6, 6.07) is 6.30. The van der Waals surface area contributed by atoms with Crippen LogP contribution in [-0.4, -0.2) is 51.8 Å². The number of benzene rings is 1. The second kappa shape index (κ2) is 7.57. The maximum Gasteiger partial charge on any atom is 0.329 e. The van der Waals surface area contributed by atoms with Crippen molar-refractivity contribution in [2.24, 2.45) is 5.92 Å². The first-order chi connectivity index (χ1) is 13.1. The van der Waals surface area contributed by atoms with Crippen LogP contribution in [0.5, 0.6) is 0 Å². The lowest BCUT2D eigenvalue weighted by molar-refractivity contribution is -0.164. The number of ether oxygens (including phenoxy) is 1. The molecule has 3 rings (SSSR count). The second-order valence-electron chi connectivity index (χ2n) is 9.00. The van der Waals surface area contributed by atoms with Crippen LogP contribution >= 0.6 is 0 Å². The Morgan fingerprint density at radius 3 is 2.46 bits per heavy atom. The number of rotatable bonds is 4. The maximum absolute atomic E-state index is 13.5. The fourth-order valence-corrected chi connectivity index (χ4v) is 4.10. The maximum atomic E-state index is 13.5. The van der Waals surface area contributed by atoms with Crippen molar-refractivity contribution in [1.82, 2.24) is 9.80 Å². The van der Waals surface area contributed by atoms with Crippen LogP contribution < -0.4 is 0 Å². The number of amides is 2. The van der Waals surface area contributed by atoms with Gasteiger partial charge in [-0.05, 0) is 51.2 Å². The van der Waals surface area contributed by atoms with Gasteiger partial charge in [-0.15, -0.1) is 0 Å². The van der Waals surface area contributed by atoms with Crippen molar-refractivity contribution in [1.29, 1.82) is 0 Å². The molecule has 1 fully saturated rings. The van der Waals surface area contributed by atoms with Crippen molar-refractivity contribution in [3.8, 4) is 0 Å². The predicted molar refractivity (Wildman–Crippen MR) is 106 cm³/mol. The number of nitrogens with zero attached hydrogens (tertiary/aromatic N) is 2. The van der Waals surface area contributed by atoms with Crippen molar-refractivity contribution in [2.75, 3.05) is 6.54 Å². The summed E-state index contributed by atoms with van der Waals surface area (Å²) in [5, 5.41) is 0. The molecule has 2 atom stereocenters. The molecule has 1 aromatic carbocycles. The normalized spacial score (nSPS) is 20.5. The molecule has 0 aliphatic carbocycles. The van der Waals surface area contributed by atoms with Gasteiger partial charge in [0, 0.05) is 18.7 Å². The fourth-order valence-electron chi connectivity index (χ4n) is 4.10. The van der Waals surface area contributed by atoms with Gasteiger partial charge < -0.3 is 14.5 Å². The van der Waals surface area contributed by atoms with Gasteiger partial charge in [0.15, 0.2) is 0 Å². The lowest BCUT2D eigenvalue weighted by atomic mass is 10.0. The minimum atomic E-state index is -0.599. The third-order valence-electron chi connectivity index (χ3n) is 5.28. The molecule has 2 amide bonds. The topological polar surface area (TPSA) is 66.9 Å². The quantitative estimate of drug-likeness (QED) is 0.746. The van der Waals surface area contributed by atoms with Crippen LogP contribution in [0.25, 0.3) is 0 Å². The third-order valence-corrected chi connectivity index (χ3v) is 5.28. The minimum absolute atomic E-state index is 0.0642. The van der Waals surface area contributed by atoms with Crippen LogP contribution in [0.2, 0.25) is 0 Å². The molecule has 28 heavy (non-hydrogen) atoms. The Hall–Kier alpha value is -2.37. The number of fused-ring (bicyclic) bond motifs is 1. The van der Waals surface area contributed by atoms with E-state index in [1.165, 1.54) is 0 Å². The fraction of sp³-hybridized carbons (Fsp3) is 0.591. The smallest absolute Gasteiger partial charge is 0.329 e. The van der Waals surface area contributed by atoms with Crippen molar-refractivity contribution >= 4 is 17.8 Å². The Morgan fingerprint density at radius 1 is 1.18 bits per heavy atom. The highest BCUT2D eigenvalue weighted by atomic mass is 16.6. The molecule has 0 spiro atoms. The summed E-state index contributed by atoms with van der Waals surface area (Å²) < 4.78 is 5.53. The van der Waals surface area contributed by atoms with E-state index >= 15 is 0 Å². The average molecular weight is 386 g/mol. The molecule has 2 unspecified atom stereocenters. The highest BCUT2D eigenvalue weighted by molar-refractivity contribution is 6.01. The lowest BCUT2D eigenvalue weighted by Crippen LogP contribution is -2.54. The molecular weight excluding hydrogens is 356 g/mol. The zero-order chi connectivity index (χ0) is 20.6. The van der Waals surface area contributed by atoms with Crippen LogP contribution in [0.4, 0.5) is 0 Å². The molecule has 152 valence electrons. The molecule has 0 N–H and O–H groups in total. The van der Waals surface area contributed by atoms with Crippen molar-refractivity contribution in [3.05, 3.63) is 35.4 Å². The first-order valence-corrected chi connectivity index (χ1v) is 10.0. The number of hydrogen-bond donors (Lipinski definition) is 0. The average Bonchev–Trinajstić information content (AvgIpc) is 3.19. The molecule has 6 heteroatoms. The van der Waals surface area contributed by atoms with E-state index in [1.807, 2.05) is 52.8 Å². The summed E-state index contributed by atoms with van der Waals surface area (Å²) in [5.74, 6) is -0.706. The molecule has 0 aromatic heterocycles. The standard InChI is InChI=1S/C22H30N2O4/c1-14(2)18(24-13-15-9-6-7-10-16(15)19(24)25)20(26)23-12-8-11-17(23)21(27)28-22(3,4)5/h6-7,9-10,14,17-18H,8,11-13H2,1-5H3. The Labute approximate surface area is 166 Å². The zero-order valence-corrected chi connectivity index (χ0v) is 17.4. The Kier molecular flexibility index (Phi) is 5.50. The van der Waals surface area contributed by atoms with E-state index in [2.05, 4.69) is 0 Å². The molecule has 2 aliphatic rings. The van der Waals surface area contributed by atoms with Crippen molar-refractivity contribution in [2.45, 2.75) is 71.7 Å². The summed E-state index contributed by atoms with van der Waals surface area (Å²) in [4.78, 5) is 42.3. The Morgan fingerprint density at radius 2 is 1.86 bits per heavy atom. The minimum Gasteiger partial charge on any atom is -0.458 e. The second-order valence-corrected chi connectivity index (χ2v) is 9.00. The van der Waals surface area contributed by atoms with E-state index in [0.29, 0.717) is 25.1 Å². The van der Waals surface area contributed by atoms with Gasteiger partial charge in [0.05, 0.1) is 0 Å². The summed E-state index contributed by atoms with van der Waals surface area (Å²) in [6.45, 7) is 10.3. The van der Waals surface area contributed by atoms with E-state index in [4.69, 9.17) is 4.74 Å². The number of likely N-dealkylation sites (tertiary alicyclic amines) is 1. The summed E-state index contributed by atoms with van der Waals surface area (Å²) in [5.41, 5.74) is 1.00. The van der Waals surface area contributed by atoms with Crippen LogP contribution in [0.3, 0.4) is 0 Å². The monoisotopic (exact) mass is 386 g/mol. The molecule has 6 nitrogen and oxygen atoms in total. The van der Waals surface area contributed by atoms with Crippen LogP contribution in [0, 0.1) is 5.92 Å². The molecule has 0 saturated carbocycles. The SMILES string of the molecule is CC(C)C(C(=O)N1CCCC1C(=O)OC(C)(C)C)N1Cc2ccccc2C1=O. The zero-order valence-electron chi connectivity index (χ0n) is 17.4. The van der Waals surface area contributed by atoms with E-state index < -0.39 is 17.7 Å². The van der Waals surface area contributed by atoms with Gasteiger partial charge in [0.2, 0.25) is 5.91 Å². The highest BCUT2D eigenvalue weighted by Gasteiger charge is 2.44. The number of hydrogen-bond acceptors (Lipinski definition) is 4. The third kappa shape index (κ3) is 3.91. The van der Waals surface area contributed by atoms with Crippen molar-refractivity contribution < 1.29 is 19.1 Å². The van der Waals surface area contributed by atoms with Crippen LogP contribution in [0.15, 0.2) is 24.3 Å². The van der Waals surface area contributed by atoms with Gasteiger partial charge in [0.1, 0.15) is 17.7 Å². The molecule has 2 heterocycles. The van der Waals surface area contributed by atoms with E-state index in [1.54, 1.807) is 15.9 Å². The van der Waals surface area contributed by atoms with Gasteiger partial charge in [-0.3, -0.25) is 9.59 Å². The number of carbonyl (C=O) groups is 3. The van der Waals surface area contributed by atoms with Crippen LogP contribution in [0.1, 0.15) is 63.4 Å². The van der Waals surface area contributed by atoms with Gasteiger partial charge in [-0.2, -0.15) is 0 Å². The molecule has 0 radical (unpaired) electrons. The number of carbonyl (C=O) groups excluding carboxylic acids is 3. The van der Waals surface area contributed by atoms with Gasteiger partial charge in [-0.25, -0.2) is 4.79 Å². The summed E-state index contributed by atoms with van der Waals surface area (Å²) >= 11 is 0. The molecule has 0 bridgehead atoms. The molecule has 1 aromatic rings. The van der Waals surface area contributed by atoms with E-state index in [9.17, 15) is 14.4 Å². The Bertz CT molecular complexity index is 781. The van der Waals surface area contributed by atoms with Crippen molar-refractivity contribution in [3.63, 3.8) is 0 Å². The highest BCUT2D eigenvalue weighted by Crippen LogP contribution is 2.30. The predicted octanol–water partition coefficient (Wildman–Crippen LogP) is 3.00. The van der Waals surface area contributed by atoms with Crippen LogP contribution in [-0.2, 0) is 20.9 Å². The van der Waals surface area contributed by atoms with Gasteiger partial charge in [-0.1, -0.05) is 32.0 Å². The van der Waals surface area contributed by atoms with E-state index in [-0.39, 0.29) is 23.7 Å². The molecule has 2 aliphatic heterocycles. The van der Waals surface area contributed by atoms with Gasteiger partial charge >= 0.3 is 5.97 Å².